The van der Waals surface area contributed by atoms with Crippen LogP contribution in [-0.4, -0.2) is 13.7 Å². The maximum atomic E-state index is 15.2. The monoisotopic (exact) mass is 433 g/mol. The van der Waals surface area contributed by atoms with Gasteiger partial charge in [0.05, 0.1) is 5.56 Å². The Hall–Kier alpha value is -2.77. The highest BCUT2D eigenvalue weighted by Gasteiger charge is 2.22. The van der Waals surface area contributed by atoms with Gasteiger partial charge in [0, 0.05) is 19.1 Å². The molecule has 0 aromatic heterocycles. The van der Waals surface area contributed by atoms with Gasteiger partial charge in [-0.1, -0.05) is 36.4 Å². The fourth-order valence-corrected chi connectivity index (χ4v) is 4.96. The second-order valence-corrected chi connectivity index (χ2v) is 8.94. The zero-order valence-corrected chi connectivity index (χ0v) is 18.5. The summed E-state index contributed by atoms with van der Waals surface area (Å²) in [7, 11) is 1.76. The molecule has 3 aromatic rings. The second-order valence-electron chi connectivity index (χ2n) is 8.94. The summed E-state index contributed by atoms with van der Waals surface area (Å²) in [6, 6.07) is 16.4. The second kappa shape index (κ2) is 10.2. The van der Waals surface area contributed by atoms with Gasteiger partial charge in [-0.15, -0.1) is 0 Å². The third kappa shape index (κ3) is 5.00. The molecule has 0 unspecified atom stereocenters. The summed E-state index contributed by atoms with van der Waals surface area (Å²) >= 11 is 0. The Labute approximate surface area is 188 Å². The summed E-state index contributed by atoms with van der Waals surface area (Å²) in [5.74, 6) is 0.596. The van der Waals surface area contributed by atoms with Crippen LogP contribution in [0.25, 0.3) is 10.8 Å². The molecule has 0 atom stereocenters. The smallest absolute Gasteiger partial charge is 0.141 e. The lowest BCUT2D eigenvalue weighted by Crippen LogP contribution is -2.14. The van der Waals surface area contributed by atoms with E-state index in [1.165, 1.54) is 43.4 Å². The zero-order chi connectivity index (χ0) is 22.5. The Balaban J connectivity index is 1.44. The minimum Gasteiger partial charge on any atom is -0.385 e. The maximum absolute atomic E-state index is 15.2. The SMILES string of the molecule is COCCC1CCC(c2ccc3c(F)c(CCc4ccc(C#N)c(F)c4)ccc3c2)CC1. The summed E-state index contributed by atoms with van der Waals surface area (Å²) in [5.41, 5.74) is 2.74. The lowest BCUT2D eigenvalue weighted by molar-refractivity contribution is 0.163. The first-order chi connectivity index (χ1) is 15.6. The molecule has 0 amide bonds. The van der Waals surface area contributed by atoms with E-state index < -0.39 is 5.82 Å². The number of nitrogens with zero attached hydrogens (tertiary/aromatic N) is 1. The van der Waals surface area contributed by atoms with Crippen molar-refractivity contribution in [3.8, 4) is 6.07 Å². The Kier molecular flexibility index (Phi) is 7.17. The molecular formula is C28H29F2NO. The van der Waals surface area contributed by atoms with Crippen LogP contribution in [-0.2, 0) is 17.6 Å². The number of rotatable bonds is 7. The van der Waals surface area contributed by atoms with Crippen LogP contribution in [0.4, 0.5) is 8.78 Å². The molecule has 166 valence electrons. The van der Waals surface area contributed by atoms with Crippen LogP contribution in [0.1, 0.15) is 60.3 Å². The molecule has 32 heavy (non-hydrogen) atoms. The molecule has 4 rings (SSSR count). The molecule has 0 aliphatic heterocycles. The van der Waals surface area contributed by atoms with Crippen LogP contribution in [0, 0.1) is 28.9 Å². The van der Waals surface area contributed by atoms with Crippen molar-refractivity contribution in [2.75, 3.05) is 13.7 Å². The van der Waals surface area contributed by atoms with Gasteiger partial charge in [0.15, 0.2) is 0 Å². The number of hydrogen-bond acceptors (Lipinski definition) is 2. The van der Waals surface area contributed by atoms with Gasteiger partial charge in [0.2, 0.25) is 0 Å². The lowest BCUT2D eigenvalue weighted by Gasteiger charge is -2.29. The number of methoxy groups -OCH3 is 1. The predicted octanol–water partition coefficient (Wildman–Crippen LogP) is 7.09. The number of hydrogen-bond donors (Lipinski definition) is 0. The molecule has 2 nitrogen and oxygen atoms in total. The van der Waals surface area contributed by atoms with Crippen LogP contribution in [0.5, 0.6) is 0 Å². The highest BCUT2D eigenvalue weighted by Crippen LogP contribution is 2.38. The number of nitriles is 1. The first-order valence-electron chi connectivity index (χ1n) is 11.5. The van der Waals surface area contributed by atoms with E-state index in [4.69, 9.17) is 10.00 Å². The minimum atomic E-state index is -0.524. The van der Waals surface area contributed by atoms with Crippen molar-refractivity contribution in [1.82, 2.24) is 0 Å². The van der Waals surface area contributed by atoms with Gasteiger partial charge in [-0.2, -0.15) is 5.26 Å². The van der Waals surface area contributed by atoms with E-state index in [1.807, 2.05) is 24.3 Å². The Bertz CT molecular complexity index is 1130. The van der Waals surface area contributed by atoms with Crippen molar-refractivity contribution in [2.45, 2.75) is 50.9 Å². The van der Waals surface area contributed by atoms with Crippen molar-refractivity contribution in [3.05, 3.63) is 82.4 Å². The van der Waals surface area contributed by atoms with Gasteiger partial charge >= 0.3 is 0 Å². The minimum absolute atomic E-state index is 0.0323. The Morgan fingerprint density at radius 3 is 2.50 bits per heavy atom. The summed E-state index contributed by atoms with van der Waals surface area (Å²) in [6.45, 7) is 0.840. The molecule has 4 heteroatoms. The first-order valence-corrected chi connectivity index (χ1v) is 11.5. The third-order valence-electron chi connectivity index (χ3n) is 6.94. The average molecular weight is 434 g/mol. The number of fused-ring (bicyclic) bond motifs is 1. The Morgan fingerprint density at radius 2 is 1.78 bits per heavy atom. The lowest BCUT2D eigenvalue weighted by atomic mass is 9.77. The summed E-state index contributed by atoms with van der Waals surface area (Å²) in [6.07, 6.45) is 6.98. The molecule has 0 N–H and O–H groups in total. The number of benzene rings is 3. The van der Waals surface area contributed by atoms with Gasteiger partial charge in [-0.25, -0.2) is 8.78 Å². The van der Waals surface area contributed by atoms with E-state index in [2.05, 4.69) is 12.1 Å². The standard InChI is InChI=1S/C28H29F2NO/c1-32-15-14-19-2-6-21(7-3-19)23-12-13-26-24(17-23)11-10-22(28(26)30)8-4-20-5-9-25(18-31)27(29)16-20/h5,9-13,16-17,19,21H,2-4,6-8,14-15H2,1H3. The van der Waals surface area contributed by atoms with E-state index in [1.54, 1.807) is 13.2 Å². The van der Waals surface area contributed by atoms with Crippen LogP contribution in [0.3, 0.4) is 0 Å². The molecule has 1 aliphatic carbocycles. The quantitative estimate of drug-likeness (QED) is 0.399. The summed E-state index contributed by atoms with van der Waals surface area (Å²) in [5, 5.41) is 10.4. The van der Waals surface area contributed by atoms with Gasteiger partial charge < -0.3 is 4.74 Å². The highest BCUT2D eigenvalue weighted by atomic mass is 19.1. The molecule has 1 saturated carbocycles. The van der Waals surface area contributed by atoms with Crippen LogP contribution >= 0.6 is 0 Å². The molecule has 0 spiro atoms. The molecule has 0 heterocycles. The predicted molar refractivity (Wildman–Crippen MR) is 124 cm³/mol. The van der Waals surface area contributed by atoms with Crippen LogP contribution in [0.2, 0.25) is 0 Å². The van der Waals surface area contributed by atoms with E-state index in [9.17, 15) is 4.39 Å². The van der Waals surface area contributed by atoms with Crippen molar-refractivity contribution in [3.63, 3.8) is 0 Å². The van der Waals surface area contributed by atoms with Crippen LogP contribution < -0.4 is 0 Å². The summed E-state index contributed by atoms with van der Waals surface area (Å²) in [4.78, 5) is 0. The van der Waals surface area contributed by atoms with Gasteiger partial charge in [0.1, 0.15) is 17.7 Å². The number of halogens is 2. The Morgan fingerprint density at radius 1 is 0.969 bits per heavy atom. The fourth-order valence-electron chi connectivity index (χ4n) is 4.96. The molecule has 1 aliphatic rings. The zero-order valence-electron chi connectivity index (χ0n) is 18.5. The third-order valence-corrected chi connectivity index (χ3v) is 6.94. The van der Waals surface area contributed by atoms with E-state index >= 15 is 4.39 Å². The van der Waals surface area contributed by atoms with Gasteiger partial charge in [0.25, 0.3) is 0 Å². The van der Waals surface area contributed by atoms with E-state index in [0.717, 1.165) is 29.9 Å². The number of ether oxygens (including phenoxy) is 1. The molecule has 0 radical (unpaired) electrons. The normalized spacial score (nSPS) is 18.6. The fraction of sp³-hybridized carbons (Fsp3) is 0.393. The van der Waals surface area contributed by atoms with E-state index in [-0.39, 0.29) is 11.4 Å². The topological polar surface area (TPSA) is 33.0 Å². The van der Waals surface area contributed by atoms with Crippen molar-refractivity contribution < 1.29 is 13.5 Å². The molecule has 3 aromatic carbocycles. The molecule has 0 saturated heterocycles. The first kappa shape index (κ1) is 22.4. The van der Waals surface area contributed by atoms with Crippen LogP contribution in [0.15, 0.2) is 48.5 Å². The molecular weight excluding hydrogens is 404 g/mol. The highest BCUT2D eigenvalue weighted by molar-refractivity contribution is 5.84. The largest absolute Gasteiger partial charge is 0.385 e. The van der Waals surface area contributed by atoms with Crippen molar-refractivity contribution >= 4 is 10.8 Å². The average Bonchev–Trinajstić information content (AvgIpc) is 2.82. The number of aryl methyl sites for hydroxylation is 2. The summed E-state index contributed by atoms with van der Waals surface area (Å²) < 4.78 is 34.2. The molecule has 0 bridgehead atoms. The van der Waals surface area contributed by atoms with Gasteiger partial charge in [-0.3, -0.25) is 0 Å². The maximum Gasteiger partial charge on any atom is 0.141 e. The van der Waals surface area contributed by atoms with E-state index in [0.29, 0.717) is 29.7 Å². The van der Waals surface area contributed by atoms with Gasteiger partial charge in [-0.05, 0) is 91.0 Å². The van der Waals surface area contributed by atoms with Crippen molar-refractivity contribution in [2.24, 2.45) is 5.92 Å². The van der Waals surface area contributed by atoms with Crippen molar-refractivity contribution in [1.29, 1.82) is 5.26 Å². The molecule has 1 fully saturated rings.